The summed E-state index contributed by atoms with van der Waals surface area (Å²) in [6, 6.07) is 5.98. The van der Waals surface area contributed by atoms with Gasteiger partial charge in [-0.1, -0.05) is 0 Å². The Balaban J connectivity index is 1.24. The Kier molecular flexibility index (Phi) is 4.36. The van der Waals surface area contributed by atoms with Gasteiger partial charge in [-0.15, -0.1) is 11.3 Å². The maximum absolute atomic E-state index is 13.1. The molecule has 0 bridgehead atoms. The quantitative estimate of drug-likeness (QED) is 0.485. The summed E-state index contributed by atoms with van der Waals surface area (Å²) in [5.74, 6) is 0.0629. The monoisotopic (exact) mass is 431 g/mol. The molecule has 1 amide bonds. The van der Waals surface area contributed by atoms with Crippen LogP contribution in [0.25, 0.3) is 16.2 Å². The Morgan fingerprint density at radius 1 is 1.13 bits per heavy atom. The number of hydrogen-bond donors (Lipinski definition) is 0. The van der Waals surface area contributed by atoms with Gasteiger partial charge in [0.15, 0.2) is 0 Å². The Bertz CT molecular complexity index is 1260. The summed E-state index contributed by atoms with van der Waals surface area (Å²) in [5, 5.41) is 0. The minimum absolute atomic E-state index is 0.0629. The standard InChI is InChI=1S/C23H21N5O2S/c29-22(17-1-2-20-26-8-11-28(20)15-17)27-9-4-23(5-10-27)21-16(3-12-30-23)13-19(31-21)18-14-24-6-7-25-18/h1-2,6-8,11,13-15H,3-5,9-10,12H2. The van der Waals surface area contributed by atoms with Gasteiger partial charge < -0.3 is 14.0 Å². The molecule has 0 N–H and O–H groups in total. The van der Waals surface area contributed by atoms with Crippen molar-refractivity contribution in [2.45, 2.75) is 24.9 Å². The van der Waals surface area contributed by atoms with Crippen molar-refractivity contribution in [3.05, 3.63) is 71.4 Å². The molecule has 1 fully saturated rings. The third kappa shape index (κ3) is 3.14. The molecule has 6 rings (SSSR count). The Morgan fingerprint density at radius 3 is 2.87 bits per heavy atom. The van der Waals surface area contributed by atoms with Crippen LogP contribution < -0.4 is 0 Å². The number of carbonyl (C=O) groups is 1. The molecule has 7 nitrogen and oxygen atoms in total. The maximum atomic E-state index is 13.1. The van der Waals surface area contributed by atoms with Crippen molar-refractivity contribution in [3.8, 4) is 10.6 Å². The fourth-order valence-corrected chi connectivity index (χ4v) is 6.02. The first-order chi connectivity index (χ1) is 15.2. The highest BCUT2D eigenvalue weighted by molar-refractivity contribution is 7.15. The number of carbonyl (C=O) groups excluding carboxylic acids is 1. The van der Waals surface area contributed by atoms with Crippen LogP contribution in [0.3, 0.4) is 0 Å². The molecule has 1 spiro atoms. The zero-order valence-corrected chi connectivity index (χ0v) is 17.7. The van der Waals surface area contributed by atoms with Crippen molar-refractivity contribution in [2.75, 3.05) is 19.7 Å². The molecule has 1 saturated heterocycles. The number of piperidine rings is 1. The van der Waals surface area contributed by atoms with Crippen LogP contribution in [-0.2, 0) is 16.8 Å². The third-order valence-electron chi connectivity index (χ3n) is 6.28. The second-order valence-corrected chi connectivity index (χ2v) is 9.10. The molecule has 2 aliphatic rings. The molecule has 0 atom stereocenters. The van der Waals surface area contributed by atoms with E-state index in [1.807, 2.05) is 40.0 Å². The third-order valence-corrected chi connectivity index (χ3v) is 7.67. The first kappa shape index (κ1) is 18.7. The zero-order valence-electron chi connectivity index (χ0n) is 16.9. The molecule has 156 valence electrons. The van der Waals surface area contributed by atoms with Gasteiger partial charge in [0.2, 0.25) is 0 Å². The number of ether oxygens (including phenoxy) is 1. The molecular weight excluding hydrogens is 410 g/mol. The second kappa shape index (κ2) is 7.25. The number of imidazole rings is 1. The minimum atomic E-state index is -0.302. The van der Waals surface area contributed by atoms with E-state index < -0.39 is 0 Å². The molecule has 8 heteroatoms. The van der Waals surface area contributed by atoms with Gasteiger partial charge in [-0.3, -0.25) is 14.8 Å². The van der Waals surface area contributed by atoms with Crippen molar-refractivity contribution in [3.63, 3.8) is 0 Å². The number of hydrogen-bond acceptors (Lipinski definition) is 6. The van der Waals surface area contributed by atoms with Crippen LogP contribution in [0.5, 0.6) is 0 Å². The van der Waals surface area contributed by atoms with Gasteiger partial charge in [0.05, 0.1) is 28.9 Å². The number of fused-ring (bicyclic) bond motifs is 3. The van der Waals surface area contributed by atoms with Crippen LogP contribution in [0.2, 0.25) is 0 Å². The van der Waals surface area contributed by atoms with E-state index in [1.54, 1.807) is 29.9 Å². The number of aromatic nitrogens is 4. The lowest BCUT2D eigenvalue weighted by molar-refractivity contribution is -0.0906. The average molecular weight is 432 g/mol. The van der Waals surface area contributed by atoms with Crippen molar-refractivity contribution < 1.29 is 9.53 Å². The van der Waals surface area contributed by atoms with Gasteiger partial charge in [0.25, 0.3) is 5.91 Å². The predicted octanol–water partition coefficient (Wildman–Crippen LogP) is 3.56. The smallest absolute Gasteiger partial charge is 0.255 e. The molecule has 0 aromatic carbocycles. The number of rotatable bonds is 2. The minimum Gasteiger partial charge on any atom is -0.369 e. The predicted molar refractivity (Wildman–Crippen MR) is 117 cm³/mol. The largest absolute Gasteiger partial charge is 0.369 e. The van der Waals surface area contributed by atoms with E-state index in [2.05, 4.69) is 21.0 Å². The molecule has 4 aromatic rings. The Labute approximate surface area is 183 Å². The number of likely N-dealkylation sites (tertiary alicyclic amines) is 1. The van der Waals surface area contributed by atoms with Crippen LogP contribution in [0.4, 0.5) is 0 Å². The summed E-state index contributed by atoms with van der Waals surface area (Å²) in [5.41, 5.74) is 3.48. The van der Waals surface area contributed by atoms with Crippen molar-refractivity contribution in [1.82, 2.24) is 24.3 Å². The van der Waals surface area contributed by atoms with E-state index in [0.717, 1.165) is 42.1 Å². The Morgan fingerprint density at radius 2 is 2.03 bits per heavy atom. The fraction of sp³-hybridized carbons (Fsp3) is 0.304. The summed E-state index contributed by atoms with van der Waals surface area (Å²) in [4.78, 5) is 30.4. The van der Waals surface area contributed by atoms with Crippen LogP contribution in [0.1, 0.15) is 33.6 Å². The van der Waals surface area contributed by atoms with E-state index in [-0.39, 0.29) is 11.5 Å². The van der Waals surface area contributed by atoms with E-state index in [4.69, 9.17) is 4.74 Å². The van der Waals surface area contributed by atoms with Crippen LogP contribution in [0.15, 0.2) is 55.4 Å². The molecule has 4 aromatic heterocycles. The van der Waals surface area contributed by atoms with Crippen LogP contribution in [-0.4, -0.2) is 49.9 Å². The topological polar surface area (TPSA) is 72.6 Å². The lowest BCUT2D eigenvalue weighted by Crippen LogP contribution is -2.47. The van der Waals surface area contributed by atoms with Crippen LogP contribution >= 0.6 is 11.3 Å². The normalized spacial score (nSPS) is 17.7. The molecule has 0 unspecified atom stereocenters. The summed E-state index contributed by atoms with van der Waals surface area (Å²) in [6.45, 7) is 2.08. The molecule has 6 heterocycles. The van der Waals surface area contributed by atoms with Crippen molar-refractivity contribution in [2.24, 2.45) is 0 Å². The second-order valence-electron chi connectivity index (χ2n) is 8.05. The molecule has 0 radical (unpaired) electrons. The summed E-state index contributed by atoms with van der Waals surface area (Å²) in [7, 11) is 0. The summed E-state index contributed by atoms with van der Waals surface area (Å²) in [6.07, 6.45) is 13.2. The molecule has 0 aliphatic carbocycles. The average Bonchev–Trinajstić information content (AvgIpc) is 3.47. The van der Waals surface area contributed by atoms with Gasteiger partial charge in [-0.05, 0) is 43.0 Å². The Hall–Kier alpha value is -3.10. The van der Waals surface area contributed by atoms with E-state index in [9.17, 15) is 4.79 Å². The molecule has 0 saturated carbocycles. The molecule has 2 aliphatic heterocycles. The van der Waals surface area contributed by atoms with Crippen molar-refractivity contribution in [1.29, 1.82) is 0 Å². The first-order valence-corrected chi connectivity index (χ1v) is 11.3. The number of thiophene rings is 1. The van der Waals surface area contributed by atoms with Crippen molar-refractivity contribution >= 4 is 22.9 Å². The molecule has 31 heavy (non-hydrogen) atoms. The number of nitrogens with zero attached hydrogens (tertiary/aromatic N) is 5. The molecular formula is C23H21N5O2S. The maximum Gasteiger partial charge on any atom is 0.255 e. The van der Waals surface area contributed by atoms with Gasteiger partial charge in [-0.25, -0.2) is 4.98 Å². The first-order valence-electron chi connectivity index (χ1n) is 10.5. The zero-order chi connectivity index (χ0) is 20.8. The van der Waals surface area contributed by atoms with Gasteiger partial charge in [0, 0.05) is 49.0 Å². The highest BCUT2D eigenvalue weighted by Gasteiger charge is 2.43. The lowest BCUT2D eigenvalue weighted by Gasteiger charge is -2.43. The van der Waals surface area contributed by atoms with Crippen LogP contribution in [0, 0.1) is 0 Å². The lowest BCUT2D eigenvalue weighted by atomic mass is 9.85. The van der Waals surface area contributed by atoms with Gasteiger partial charge in [-0.2, -0.15) is 0 Å². The highest BCUT2D eigenvalue weighted by Crippen LogP contribution is 2.47. The SMILES string of the molecule is O=C(c1ccc2nccn2c1)N1CCC2(CC1)OCCc1cc(-c3cnccn3)sc12. The highest BCUT2D eigenvalue weighted by atomic mass is 32.1. The van der Waals surface area contributed by atoms with Gasteiger partial charge in [0.1, 0.15) is 11.2 Å². The van der Waals surface area contributed by atoms with E-state index >= 15 is 0 Å². The summed E-state index contributed by atoms with van der Waals surface area (Å²) >= 11 is 1.76. The summed E-state index contributed by atoms with van der Waals surface area (Å²) < 4.78 is 8.27. The number of amides is 1. The number of pyridine rings is 1. The van der Waals surface area contributed by atoms with E-state index in [0.29, 0.717) is 18.7 Å². The van der Waals surface area contributed by atoms with E-state index in [1.165, 1.54) is 10.4 Å². The fourth-order valence-electron chi connectivity index (χ4n) is 4.65. The van der Waals surface area contributed by atoms with Gasteiger partial charge >= 0.3 is 0 Å².